The Morgan fingerprint density at radius 2 is 1.65 bits per heavy atom. The normalized spacial score (nSPS) is 14.6. The zero-order valence-electron chi connectivity index (χ0n) is 20.0. The van der Waals surface area contributed by atoms with E-state index in [0.717, 1.165) is 0 Å². The molecule has 1 fully saturated rings. The van der Waals surface area contributed by atoms with Gasteiger partial charge in [-0.05, 0) is 49.6 Å². The number of hydrogen-bond donors (Lipinski definition) is 0. The quantitative estimate of drug-likeness (QED) is 0.592. The molecule has 2 aromatic rings. The summed E-state index contributed by atoms with van der Waals surface area (Å²) in [4.78, 5) is 28.9. The van der Waals surface area contributed by atoms with Gasteiger partial charge >= 0.3 is 6.09 Å². The Morgan fingerprint density at radius 3 is 2.32 bits per heavy atom. The number of benzene rings is 2. The van der Waals surface area contributed by atoms with Crippen LogP contribution >= 0.6 is 0 Å². The Morgan fingerprint density at radius 1 is 0.971 bits per heavy atom. The molecule has 3 rings (SSSR count). The number of rotatable bonds is 7. The predicted octanol–water partition coefficient (Wildman–Crippen LogP) is 3.84. The molecule has 0 aromatic heterocycles. The molecule has 0 unspecified atom stereocenters. The predicted molar refractivity (Wildman–Crippen MR) is 131 cm³/mol. The molecule has 184 valence electrons. The minimum absolute atomic E-state index is 0.0674. The number of carbonyl (C=O) groups is 2. The smallest absolute Gasteiger partial charge is 0.409 e. The van der Waals surface area contributed by atoms with E-state index in [1.54, 1.807) is 53.1 Å². The summed E-state index contributed by atoms with van der Waals surface area (Å²) in [5, 5.41) is 0. The molecule has 0 atom stereocenters. The van der Waals surface area contributed by atoms with E-state index in [0.29, 0.717) is 50.5 Å². The number of nitrogens with zero attached hydrogens (tertiary/aromatic N) is 3. The van der Waals surface area contributed by atoms with Crippen molar-refractivity contribution in [3.63, 3.8) is 0 Å². The van der Waals surface area contributed by atoms with Crippen LogP contribution in [0.4, 0.5) is 10.5 Å². The lowest BCUT2D eigenvalue weighted by Gasteiger charge is -2.24. The van der Waals surface area contributed by atoms with E-state index in [9.17, 15) is 18.0 Å². The third-order valence-electron chi connectivity index (χ3n) is 5.58. The van der Waals surface area contributed by atoms with E-state index in [1.165, 1.54) is 16.4 Å². The van der Waals surface area contributed by atoms with Gasteiger partial charge in [0.2, 0.25) is 0 Å². The van der Waals surface area contributed by atoms with Crippen LogP contribution in [-0.2, 0) is 14.8 Å². The number of sulfonamides is 1. The molecule has 0 N–H and O–H groups in total. The second kappa shape index (κ2) is 11.4. The number of amides is 2. The highest BCUT2D eigenvalue weighted by atomic mass is 32.2. The molecular formula is C25H33N3O5S. The first-order valence-electron chi connectivity index (χ1n) is 11.6. The molecule has 2 aromatic carbocycles. The zero-order valence-corrected chi connectivity index (χ0v) is 20.8. The lowest BCUT2D eigenvalue weighted by atomic mass is 10.2. The van der Waals surface area contributed by atoms with Gasteiger partial charge in [0.15, 0.2) is 0 Å². The van der Waals surface area contributed by atoms with E-state index in [1.807, 2.05) is 19.9 Å². The first-order chi connectivity index (χ1) is 16.2. The van der Waals surface area contributed by atoms with Gasteiger partial charge in [0.05, 0.1) is 17.2 Å². The highest BCUT2D eigenvalue weighted by Crippen LogP contribution is 2.24. The first kappa shape index (κ1) is 25.6. The third-order valence-corrected chi connectivity index (χ3v) is 7.48. The molecule has 8 nitrogen and oxygen atoms in total. The fraction of sp³-hybridized carbons (Fsp3) is 0.440. The summed E-state index contributed by atoms with van der Waals surface area (Å²) in [5.41, 5.74) is 0.875. The molecule has 2 amide bonds. The van der Waals surface area contributed by atoms with Crippen molar-refractivity contribution < 1.29 is 22.7 Å². The minimum atomic E-state index is -3.84. The van der Waals surface area contributed by atoms with Crippen LogP contribution in [0.3, 0.4) is 0 Å². The van der Waals surface area contributed by atoms with Crippen molar-refractivity contribution in [2.45, 2.75) is 32.1 Å². The second-order valence-corrected chi connectivity index (χ2v) is 10.5. The molecule has 0 saturated carbocycles. The topological polar surface area (TPSA) is 87.2 Å². The number of anilines is 1. The number of para-hydroxylation sites is 1. The van der Waals surface area contributed by atoms with Crippen molar-refractivity contribution >= 4 is 27.7 Å². The van der Waals surface area contributed by atoms with Gasteiger partial charge in [-0.2, -0.15) is 0 Å². The van der Waals surface area contributed by atoms with Gasteiger partial charge in [0, 0.05) is 38.3 Å². The largest absolute Gasteiger partial charge is 0.449 e. The third kappa shape index (κ3) is 6.08. The molecule has 1 aliphatic heterocycles. The molecule has 0 radical (unpaired) electrons. The van der Waals surface area contributed by atoms with Crippen molar-refractivity contribution in [1.82, 2.24) is 9.80 Å². The molecule has 0 aliphatic carbocycles. The van der Waals surface area contributed by atoms with Crippen LogP contribution in [0.25, 0.3) is 0 Å². The summed E-state index contributed by atoms with van der Waals surface area (Å²) >= 11 is 0. The maximum Gasteiger partial charge on any atom is 0.409 e. The summed E-state index contributed by atoms with van der Waals surface area (Å²) in [7, 11) is -3.84. The fourth-order valence-corrected chi connectivity index (χ4v) is 5.34. The highest BCUT2D eigenvalue weighted by molar-refractivity contribution is 7.92. The molecule has 9 heteroatoms. The molecule has 0 spiro atoms. The van der Waals surface area contributed by atoms with Gasteiger partial charge in [0.1, 0.15) is 0 Å². The van der Waals surface area contributed by atoms with E-state index < -0.39 is 10.0 Å². The standard InChI is InChI=1S/C25H33N3O5S/c1-4-28(22-11-6-5-7-12-22)34(31,32)23-13-8-10-21(18-23)24(29)26-14-9-15-27(17-16-26)25(30)33-19-20(2)3/h5-8,10-13,18,20H,4,9,14-17,19H2,1-3H3. The molecule has 0 bridgehead atoms. The van der Waals surface area contributed by atoms with Gasteiger partial charge in [-0.15, -0.1) is 0 Å². The van der Waals surface area contributed by atoms with Crippen molar-refractivity contribution in [3.8, 4) is 0 Å². The van der Waals surface area contributed by atoms with Crippen LogP contribution < -0.4 is 4.31 Å². The Labute approximate surface area is 202 Å². The molecule has 1 aliphatic rings. The van der Waals surface area contributed by atoms with Gasteiger partial charge in [-0.1, -0.05) is 38.1 Å². The van der Waals surface area contributed by atoms with E-state index in [2.05, 4.69) is 0 Å². The van der Waals surface area contributed by atoms with Crippen LogP contribution in [0, 0.1) is 5.92 Å². The van der Waals surface area contributed by atoms with E-state index in [-0.39, 0.29) is 29.4 Å². The maximum absolute atomic E-state index is 13.3. The second-order valence-electron chi connectivity index (χ2n) is 8.64. The molecule has 1 saturated heterocycles. The molecule has 1 heterocycles. The van der Waals surface area contributed by atoms with Crippen molar-refractivity contribution in [3.05, 3.63) is 60.2 Å². The Bertz CT molecular complexity index is 1090. The minimum Gasteiger partial charge on any atom is -0.449 e. The molecular weight excluding hydrogens is 454 g/mol. The Kier molecular flexibility index (Phi) is 8.55. The number of ether oxygens (including phenoxy) is 1. The SMILES string of the molecule is CCN(c1ccccc1)S(=O)(=O)c1cccc(C(=O)N2CCCN(C(=O)OCC(C)C)CC2)c1. The van der Waals surface area contributed by atoms with Crippen LogP contribution in [0.15, 0.2) is 59.5 Å². The Balaban J connectivity index is 1.74. The zero-order chi connectivity index (χ0) is 24.7. The van der Waals surface area contributed by atoms with Gasteiger partial charge in [-0.3, -0.25) is 9.10 Å². The lowest BCUT2D eigenvalue weighted by molar-refractivity contribution is 0.0746. The van der Waals surface area contributed by atoms with Gasteiger partial charge in [-0.25, -0.2) is 13.2 Å². The van der Waals surface area contributed by atoms with Crippen LogP contribution in [0.5, 0.6) is 0 Å². The Hall–Kier alpha value is -3.07. The average Bonchev–Trinajstić information content (AvgIpc) is 3.09. The highest BCUT2D eigenvalue weighted by Gasteiger charge is 2.27. The average molecular weight is 488 g/mol. The molecule has 34 heavy (non-hydrogen) atoms. The summed E-state index contributed by atoms with van der Waals surface area (Å²) in [6.07, 6.45) is 0.259. The van der Waals surface area contributed by atoms with Gasteiger partial charge in [0.25, 0.3) is 15.9 Å². The summed E-state index contributed by atoms with van der Waals surface area (Å²) in [5.74, 6) is 0.000269. The maximum atomic E-state index is 13.3. The monoisotopic (exact) mass is 487 g/mol. The van der Waals surface area contributed by atoms with Crippen molar-refractivity contribution in [2.24, 2.45) is 5.92 Å². The number of carbonyl (C=O) groups excluding carboxylic acids is 2. The number of hydrogen-bond acceptors (Lipinski definition) is 5. The summed E-state index contributed by atoms with van der Waals surface area (Å²) in [6.45, 7) is 8.07. The van der Waals surface area contributed by atoms with Crippen LogP contribution in [0.1, 0.15) is 37.6 Å². The van der Waals surface area contributed by atoms with E-state index in [4.69, 9.17) is 4.74 Å². The van der Waals surface area contributed by atoms with Crippen molar-refractivity contribution in [1.29, 1.82) is 0 Å². The summed E-state index contributed by atoms with van der Waals surface area (Å²) < 4.78 is 33.3. The first-order valence-corrected chi connectivity index (χ1v) is 13.1. The summed E-state index contributed by atoms with van der Waals surface area (Å²) in [6, 6.07) is 15.0. The van der Waals surface area contributed by atoms with Crippen LogP contribution in [0.2, 0.25) is 0 Å². The van der Waals surface area contributed by atoms with E-state index >= 15 is 0 Å². The lowest BCUT2D eigenvalue weighted by Crippen LogP contribution is -2.38. The van der Waals surface area contributed by atoms with Gasteiger partial charge < -0.3 is 14.5 Å². The van der Waals surface area contributed by atoms with Crippen molar-refractivity contribution in [2.75, 3.05) is 43.6 Å². The fourth-order valence-electron chi connectivity index (χ4n) is 3.82. The van der Waals surface area contributed by atoms with Crippen LogP contribution in [-0.4, -0.2) is 69.5 Å².